The largest absolute Gasteiger partial charge is 0.378 e. The van der Waals surface area contributed by atoms with Crippen molar-refractivity contribution in [3.63, 3.8) is 0 Å². The molecule has 2 aromatic rings. The molecule has 1 fully saturated rings. The highest BCUT2D eigenvalue weighted by molar-refractivity contribution is 6.30. The average molecular weight is 286 g/mol. The van der Waals surface area contributed by atoms with Gasteiger partial charge in [-0.3, -0.25) is 0 Å². The summed E-state index contributed by atoms with van der Waals surface area (Å²) < 4.78 is 5.99. The van der Waals surface area contributed by atoms with Crippen LogP contribution in [0.15, 0.2) is 48.5 Å². The van der Waals surface area contributed by atoms with Gasteiger partial charge in [0.05, 0.1) is 12.1 Å². The molecule has 0 aromatic heterocycles. The van der Waals surface area contributed by atoms with Crippen LogP contribution in [0.2, 0.25) is 5.02 Å². The molecule has 0 spiro atoms. The van der Waals surface area contributed by atoms with Crippen molar-refractivity contribution in [2.24, 2.45) is 5.92 Å². The predicted molar refractivity (Wildman–Crippen MR) is 81.1 cm³/mol. The second-order valence-electron chi connectivity index (χ2n) is 5.51. The van der Waals surface area contributed by atoms with E-state index in [1.165, 1.54) is 16.8 Å². The molecule has 0 unspecified atom stereocenters. The van der Waals surface area contributed by atoms with E-state index < -0.39 is 0 Å². The molecule has 0 radical (unpaired) electrons. The Labute approximate surface area is 123 Å². The number of ether oxygens (including phenoxy) is 1. The molecular weight excluding hydrogens is 270 g/mol. The third-order valence-corrected chi connectivity index (χ3v) is 4.59. The Morgan fingerprint density at radius 2 is 2.00 bits per heavy atom. The minimum atomic E-state index is 0.205. The maximum atomic E-state index is 6.15. The number of anilines is 1. The molecule has 0 amide bonds. The fourth-order valence-corrected chi connectivity index (χ4v) is 3.65. The van der Waals surface area contributed by atoms with Crippen LogP contribution in [-0.4, -0.2) is 6.61 Å². The summed E-state index contributed by atoms with van der Waals surface area (Å²) in [5.41, 5.74) is 3.71. The predicted octanol–water partition coefficient (Wildman–Crippen LogP) is 4.58. The van der Waals surface area contributed by atoms with Crippen LogP contribution in [0.1, 0.15) is 29.7 Å². The fourth-order valence-electron chi connectivity index (χ4n) is 3.45. The van der Waals surface area contributed by atoms with Crippen LogP contribution in [0.4, 0.5) is 5.69 Å². The summed E-state index contributed by atoms with van der Waals surface area (Å²) in [5, 5.41) is 4.46. The van der Waals surface area contributed by atoms with E-state index in [0.717, 1.165) is 18.1 Å². The molecule has 2 aliphatic heterocycles. The highest BCUT2D eigenvalue weighted by Crippen LogP contribution is 2.49. The lowest BCUT2D eigenvalue weighted by Crippen LogP contribution is -2.29. The van der Waals surface area contributed by atoms with Crippen LogP contribution in [0.5, 0.6) is 0 Å². The second-order valence-corrected chi connectivity index (χ2v) is 5.94. The maximum absolute atomic E-state index is 6.15. The zero-order valence-electron chi connectivity index (χ0n) is 11.1. The smallest absolute Gasteiger partial charge is 0.0896 e. The van der Waals surface area contributed by atoms with Crippen LogP contribution in [0.25, 0.3) is 0 Å². The molecule has 3 atom stereocenters. The number of hydrogen-bond acceptors (Lipinski definition) is 2. The SMILES string of the molecule is Clc1cccc([C@@H]2Nc3ccccc3[C@@H]3OCC[C@H]23)c1. The Morgan fingerprint density at radius 3 is 2.90 bits per heavy atom. The number of rotatable bonds is 1. The number of benzene rings is 2. The lowest BCUT2D eigenvalue weighted by atomic mass is 9.81. The minimum absolute atomic E-state index is 0.205. The third-order valence-electron chi connectivity index (χ3n) is 4.35. The van der Waals surface area contributed by atoms with Crippen molar-refractivity contribution in [3.8, 4) is 0 Å². The van der Waals surface area contributed by atoms with Gasteiger partial charge >= 0.3 is 0 Å². The molecule has 2 aliphatic rings. The van der Waals surface area contributed by atoms with Gasteiger partial charge in [0.1, 0.15) is 0 Å². The highest BCUT2D eigenvalue weighted by atomic mass is 35.5. The summed E-state index contributed by atoms with van der Waals surface area (Å²) in [6.07, 6.45) is 1.29. The van der Waals surface area contributed by atoms with Crippen molar-refractivity contribution < 1.29 is 4.74 Å². The monoisotopic (exact) mass is 285 g/mol. The normalized spacial score (nSPS) is 27.6. The Bertz CT molecular complexity index is 642. The summed E-state index contributed by atoms with van der Waals surface area (Å²) in [7, 11) is 0. The van der Waals surface area contributed by atoms with Crippen molar-refractivity contribution in [3.05, 3.63) is 64.7 Å². The molecule has 3 heteroatoms. The van der Waals surface area contributed by atoms with Crippen LogP contribution < -0.4 is 5.32 Å². The van der Waals surface area contributed by atoms with Crippen LogP contribution in [0.3, 0.4) is 0 Å². The molecule has 1 saturated heterocycles. The molecule has 2 nitrogen and oxygen atoms in total. The van der Waals surface area contributed by atoms with E-state index in [-0.39, 0.29) is 12.1 Å². The van der Waals surface area contributed by atoms with E-state index >= 15 is 0 Å². The van der Waals surface area contributed by atoms with Gasteiger partial charge in [0.25, 0.3) is 0 Å². The van der Waals surface area contributed by atoms with E-state index in [1.807, 2.05) is 12.1 Å². The molecule has 20 heavy (non-hydrogen) atoms. The van der Waals surface area contributed by atoms with Crippen molar-refractivity contribution in [2.75, 3.05) is 11.9 Å². The molecule has 4 rings (SSSR count). The third kappa shape index (κ3) is 1.91. The van der Waals surface area contributed by atoms with Crippen molar-refractivity contribution in [1.29, 1.82) is 0 Å². The maximum Gasteiger partial charge on any atom is 0.0896 e. The molecule has 2 aromatic carbocycles. The van der Waals surface area contributed by atoms with Gasteiger partial charge in [-0.25, -0.2) is 0 Å². The zero-order chi connectivity index (χ0) is 13.5. The number of para-hydroxylation sites is 1. The lowest BCUT2D eigenvalue weighted by molar-refractivity contribution is 0.0829. The van der Waals surface area contributed by atoms with Crippen molar-refractivity contribution in [1.82, 2.24) is 0 Å². The first kappa shape index (κ1) is 12.2. The molecule has 2 heterocycles. The Morgan fingerprint density at radius 1 is 1.10 bits per heavy atom. The molecule has 1 N–H and O–H groups in total. The first-order chi connectivity index (χ1) is 9.83. The number of hydrogen-bond donors (Lipinski definition) is 1. The number of nitrogens with one attached hydrogen (secondary N) is 1. The standard InChI is InChI=1S/C17H16ClNO/c18-12-5-3-4-11(10-12)16-14-8-9-20-17(14)13-6-1-2-7-15(13)19-16/h1-7,10,14,16-17,19H,8-9H2/t14-,16+,17+/m1/s1. The van der Waals surface area contributed by atoms with E-state index in [2.05, 4.69) is 41.7 Å². The van der Waals surface area contributed by atoms with Gasteiger partial charge in [-0.15, -0.1) is 0 Å². The molecule has 0 saturated carbocycles. The van der Waals surface area contributed by atoms with Crippen LogP contribution >= 0.6 is 11.6 Å². The van der Waals surface area contributed by atoms with Crippen molar-refractivity contribution >= 4 is 17.3 Å². The highest BCUT2D eigenvalue weighted by Gasteiger charge is 2.41. The zero-order valence-corrected chi connectivity index (χ0v) is 11.8. The quantitative estimate of drug-likeness (QED) is 0.828. The van der Waals surface area contributed by atoms with E-state index in [9.17, 15) is 0 Å². The fraction of sp³-hybridized carbons (Fsp3) is 0.294. The Hall–Kier alpha value is -1.51. The van der Waals surface area contributed by atoms with Gasteiger partial charge in [-0.1, -0.05) is 41.9 Å². The molecule has 0 bridgehead atoms. The topological polar surface area (TPSA) is 21.3 Å². The average Bonchev–Trinajstić information content (AvgIpc) is 2.96. The first-order valence-corrected chi connectivity index (χ1v) is 7.43. The van der Waals surface area contributed by atoms with Gasteiger partial charge in [0, 0.05) is 28.8 Å². The Kier molecular flexibility index (Phi) is 2.94. The summed E-state index contributed by atoms with van der Waals surface area (Å²) in [4.78, 5) is 0. The van der Waals surface area contributed by atoms with Crippen LogP contribution in [-0.2, 0) is 4.74 Å². The number of fused-ring (bicyclic) bond motifs is 3. The molecule has 0 aliphatic carbocycles. The second kappa shape index (κ2) is 4.80. The summed E-state index contributed by atoms with van der Waals surface area (Å²) in [6.45, 7) is 0.836. The molecular formula is C17H16ClNO. The van der Waals surface area contributed by atoms with E-state index in [1.54, 1.807) is 0 Å². The van der Waals surface area contributed by atoms with Gasteiger partial charge in [0.2, 0.25) is 0 Å². The number of halogens is 1. The van der Waals surface area contributed by atoms with Crippen molar-refractivity contribution in [2.45, 2.75) is 18.6 Å². The first-order valence-electron chi connectivity index (χ1n) is 7.05. The van der Waals surface area contributed by atoms with Crippen LogP contribution in [0, 0.1) is 5.92 Å². The van der Waals surface area contributed by atoms with E-state index in [0.29, 0.717) is 5.92 Å². The Balaban J connectivity index is 1.79. The summed E-state index contributed by atoms with van der Waals surface area (Å²) >= 11 is 6.15. The van der Waals surface area contributed by atoms with Gasteiger partial charge < -0.3 is 10.1 Å². The summed E-state index contributed by atoms with van der Waals surface area (Å²) in [6, 6.07) is 16.9. The van der Waals surface area contributed by atoms with Gasteiger partial charge in [-0.2, -0.15) is 0 Å². The minimum Gasteiger partial charge on any atom is -0.378 e. The van der Waals surface area contributed by atoms with Gasteiger partial charge in [-0.05, 0) is 30.2 Å². The molecule has 102 valence electrons. The summed E-state index contributed by atoms with van der Waals surface area (Å²) in [5.74, 6) is 0.475. The van der Waals surface area contributed by atoms with E-state index in [4.69, 9.17) is 16.3 Å². The lowest BCUT2D eigenvalue weighted by Gasteiger charge is -2.36. The van der Waals surface area contributed by atoms with Gasteiger partial charge in [0.15, 0.2) is 0 Å².